The Morgan fingerprint density at radius 1 is 1.27 bits per heavy atom. The standard InChI is InChI=1S/C12H17NO2/c14-7-6-12(9-15-10-12)13-8-11-4-2-1-3-5-11/h1-5,13-14H,6-10H2. The molecule has 15 heavy (non-hydrogen) atoms. The first-order valence-electron chi connectivity index (χ1n) is 5.32. The van der Waals surface area contributed by atoms with Crippen LogP contribution in [-0.4, -0.2) is 30.5 Å². The van der Waals surface area contributed by atoms with Gasteiger partial charge in [0.1, 0.15) is 0 Å². The van der Waals surface area contributed by atoms with Crippen molar-refractivity contribution in [1.82, 2.24) is 5.32 Å². The highest BCUT2D eigenvalue weighted by Crippen LogP contribution is 2.21. The smallest absolute Gasteiger partial charge is 0.0678 e. The third kappa shape index (κ3) is 2.56. The highest BCUT2D eigenvalue weighted by atomic mass is 16.5. The molecule has 0 unspecified atom stereocenters. The molecule has 82 valence electrons. The molecule has 2 N–H and O–H groups in total. The lowest BCUT2D eigenvalue weighted by Crippen LogP contribution is -2.60. The molecule has 0 bridgehead atoms. The summed E-state index contributed by atoms with van der Waals surface area (Å²) >= 11 is 0. The molecule has 0 saturated carbocycles. The Labute approximate surface area is 90.1 Å². The number of hydrogen-bond donors (Lipinski definition) is 2. The van der Waals surface area contributed by atoms with Crippen molar-refractivity contribution >= 4 is 0 Å². The van der Waals surface area contributed by atoms with Crippen LogP contribution in [-0.2, 0) is 11.3 Å². The highest BCUT2D eigenvalue weighted by molar-refractivity contribution is 5.15. The van der Waals surface area contributed by atoms with Gasteiger partial charge in [-0.15, -0.1) is 0 Å². The molecular formula is C12H17NO2. The number of aliphatic hydroxyl groups is 1. The van der Waals surface area contributed by atoms with E-state index in [9.17, 15) is 0 Å². The number of ether oxygens (including phenoxy) is 1. The lowest BCUT2D eigenvalue weighted by atomic mass is 9.93. The first-order valence-corrected chi connectivity index (χ1v) is 5.32. The summed E-state index contributed by atoms with van der Waals surface area (Å²) in [7, 11) is 0. The van der Waals surface area contributed by atoms with Gasteiger partial charge < -0.3 is 15.2 Å². The summed E-state index contributed by atoms with van der Waals surface area (Å²) in [6.45, 7) is 2.47. The molecule has 2 rings (SSSR count). The summed E-state index contributed by atoms with van der Waals surface area (Å²) in [5.74, 6) is 0. The van der Waals surface area contributed by atoms with E-state index in [1.807, 2.05) is 18.2 Å². The van der Waals surface area contributed by atoms with Crippen molar-refractivity contribution < 1.29 is 9.84 Å². The second kappa shape index (κ2) is 4.75. The molecule has 0 aromatic heterocycles. The van der Waals surface area contributed by atoms with Crippen LogP contribution in [0, 0.1) is 0 Å². The van der Waals surface area contributed by atoms with E-state index in [0.29, 0.717) is 13.2 Å². The van der Waals surface area contributed by atoms with Crippen molar-refractivity contribution in [1.29, 1.82) is 0 Å². The van der Waals surface area contributed by atoms with Crippen LogP contribution in [0.4, 0.5) is 0 Å². The highest BCUT2D eigenvalue weighted by Gasteiger charge is 2.37. The van der Waals surface area contributed by atoms with Gasteiger partial charge in [-0.3, -0.25) is 0 Å². The average molecular weight is 207 g/mol. The molecule has 1 fully saturated rings. The molecular weight excluding hydrogens is 190 g/mol. The number of nitrogens with one attached hydrogen (secondary N) is 1. The Morgan fingerprint density at radius 2 is 2.00 bits per heavy atom. The van der Waals surface area contributed by atoms with Gasteiger partial charge in [0.05, 0.1) is 18.8 Å². The van der Waals surface area contributed by atoms with E-state index >= 15 is 0 Å². The third-order valence-electron chi connectivity index (χ3n) is 2.86. The second-order valence-electron chi connectivity index (χ2n) is 4.09. The monoisotopic (exact) mass is 207 g/mol. The van der Waals surface area contributed by atoms with E-state index in [-0.39, 0.29) is 12.1 Å². The largest absolute Gasteiger partial charge is 0.396 e. The SMILES string of the molecule is OCCC1(NCc2ccccc2)COC1. The minimum absolute atomic E-state index is 0.00455. The Kier molecular flexibility index (Phi) is 3.36. The van der Waals surface area contributed by atoms with Gasteiger partial charge in [-0.05, 0) is 12.0 Å². The van der Waals surface area contributed by atoms with Gasteiger partial charge in [0, 0.05) is 13.2 Å². The summed E-state index contributed by atoms with van der Waals surface area (Å²) in [4.78, 5) is 0. The minimum Gasteiger partial charge on any atom is -0.396 e. The molecule has 1 aromatic rings. The zero-order valence-corrected chi connectivity index (χ0v) is 8.78. The zero-order chi connectivity index (χ0) is 10.6. The number of benzene rings is 1. The fraction of sp³-hybridized carbons (Fsp3) is 0.500. The van der Waals surface area contributed by atoms with E-state index in [4.69, 9.17) is 9.84 Å². The van der Waals surface area contributed by atoms with Crippen LogP contribution in [0.15, 0.2) is 30.3 Å². The minimum atomic E-state index is 0.00455. The van der Waals surface area contributed by atoms with Gasteiger partial charge in [0.2, 0.25) is 0 Å². The molecule has 1 aliphatic rings. The van der Waals surface area contributed by atoms with Crippen LogP contribution in [0.5, 0.6) is 0 Å². The van der Waals surface area contributed by atoms with Crippen LogP contribution < -0.4 is 5.32 Å². The van der Waals surface area contributed by atoms with E-state index in [0.717, 1.165) is 13.0 Å². The summed E-state index contributed by atoms with van der Waals surface area (Å²) < 4.78 is 5.21. The maximum Gasteiger partial charge on any atom is 0.0678 e. The summed E-state index contributed by atoms with van der Waals surface area (Å²) in [5.41, 5.74) is 1.27. The summed E-state index contributed by atoms with van der Waals surface area (Å²) in [6.07, 6.45) is 0.764. The molecule has 3 heteroatoms. The van der Waals surface area contributed by atoms with Crippen molar-refractivity contribution in [2.24, 2.45) is 0 Å². The van der Waals surface area contributed by atoms with Crippen molar-refractivity contribution in [2.45, 2.75) is 18.5 Å². The van der Waals surface area contributed by atoms with Crippen molar-refractivity contribution in [3.63, 3.8) is 0 Å². The first-order chi connectivity index (χ1) is 7.35. The number of hydrogen-bond acceptors (Lipinski definition) is 3. The van der Waals surface area contributed by atoms with E-state index in [2.05, 4.69) is 17.4 Å². The normalized spacial score (nSPS) is 18.5. The molecule has 3 nitrogen and oxygen atoms in total. The quantitative estimate of drug-likeness (QED) is 0.754. The molecule has 0 radical (unpaired) electrons. The fourth-order valence-corrected chi connectivity index (χ4v) is 1.78. The molecule has 0 amide bonds. The van der Waals surface area contributed by atoms with Crippen LogP contribution in [0.2, 0.25) is 0 Å². The zero-order valence-electron chi connectivity index (χ0n) is 8.78. The number of rotatable bonds is 5. The summed E-state index contributed by atoms with van der Waals surface area (Å²) in [6, 6.07) is 10.3. The maximum absolute atomic E-state index is 8.97. The Hall–Kier alpha value is -0.900. The second-order valence-corrected chi connectivity index (χ2v) is 4.09. The van der Waals surface area contributed by atoms with E-state index in [1.165, 1.54) is 5.56 Å². The Bertz CT molecular complexity index is 296. The Balaban J connectivity index is 1.86. The molecule has 0 spiro atoms. The van der Waals surface area contributed by atoms with Crippen LogP contribution in [0.3, 0.4) is 0 Å². The predicted molar refractivity (Wildman–Crippen MR) is 58.5 cm³/mol. The van der Waals surface area contributed by atoms with E-state index in [1.54, 1.807) is 0 Å². The molecule has 1 aliphatic heterocycles. The van der Waals surface area contributed by atoms with Gasteiger partial charge in [0.15, 0.2) is 0 Å². The van der Waals surface area contributed by atoms with Gasteiger partial charge >= 0.3 is 0 Å². The topological polar surface area (TPSA) is 41.5 Å². The third-order valence-corrected chi connectivity index (χ3v) is 2.86. The molecule has 0 aliphatic carbocycles. The average Bonchev–Trinajstić information content (AvgIpc) is 2.23. The van der Waals surface area contributed by atoms with Crippen molar-refractivity contribution in [3.05, 3.63) is 35.9 Å². The molecule has 1 aromatic carbocycles. The van der Waals surface area contributed by atoms with Crippen LogP contribution in [0.1, 0.15) is 12.0 Å². The Morgan fingerprint density at radius 3 is 2.53 bits per heavy atom. The van der Waals surface area contributed by atoms with Gasteiger partial charge in [-0.1, -0.05) is 30.3 Å². The van der Waals surface area contributed by atoms with Crippen LogP contribution in [0.25, 0.3) is 0 Å². The van der Waals surface area contributed by atoms with Crippen LogP contribution >= 0.6 is 0 Å². The number of aliphatic hydroxyl groups excluding tert-OH is 1. The maximum atomic E-state index is 8.97. The fourth-order valence-electron chi connectivity index (χ4n) is 1.78. The lowest BCUT2D eigenvalue weighted by Gasteiger charge is -2.42. The molecule has 1 heterocycles. The summed E-state index contributed by atoms with van der Waals surface area (Å²) in [5, 5.41) is 12.4. The van der Waals surface area contributed by atoms with Gasteiger partial charge in [-0.25, -0.2) is 0 Å². The lowest BCUT2D eigenvalue weighted by molar-refractivity contribution is -0.0846. The van der Waals surface area contributed by atoms with Crippen molar-refractivity contribution in [3.8, 4) is 0 Å². The van der Waals surface area contributed by atoms with E-state index < -0.39 is 0 Å². The molecule has 0 atom stereocenters. The van der Waals surface area contributed by atoms with Gasteiger partial charge in [-0.2, -0.15) is 0 Å². The predicted octanol–water partition coefficient (Wildman–Crippen LogP) is 0.928. The van der Waals surface area contributed by atoms with Crippen molar-refractivity contribution in [2.75, 3.05) is 19.8 Å². The molecule has 1 saturated heterocycles. The first kappa shape index (κ1) is 10.6. The van der Waals surface area contributed by atoms with Gasteiger partial charge in [0.25, 0.3) is 0 Å².